The largest absolute Gasteiger partial charge is 0.497 e. The van der Waals surface area contributed by atoms with E-state index in [1.54, 1.807) is 56.3 Å². The Morgan fingerprint density at radius 2 is 1.59 bits per heavy atom. The molecule has 0 aliphatic heterocycles. The maximum atomic E-state index is 12.5. The number of hydrogen-bond donors (Lipinski definition) is 2. The quantitative estimate of drug-likeness (QED) is 0.521. The highest BCUT2D eigenvalue weighted by Gasteiger charge is 2.21. The van der Waals surface area contributed by atoms with Gasteiger partial charge in [-0.25, -0.2) is 8.42 Å². The fraction of sp³-hybridized carbons (Fsp3) is 0.364. The van der Waals surface area contributed by atoms with Crippen LogP contribution in [0, 0.1) is 0 Å². The summed E-state index contributed by atoms with van der Waals surface area (Å²) in [4.78, 5) is 24.6. The van der Waals surface area contributed by atoms with Gasteiger partial charge in [-0.3, -0.25) is 9.59 Å². The van der Waals surface area contributed by atoms with Crippen LogP contribution in [0.2, 0.25) is 0 Å². The first-order chi connectivity index (χ1) is 15.3. The molecule has 2 amide bonds. The standard InChI is InChI=1S/C22H29N3O6S/c1-5-25(6-2)32(28,29)18-10-7-16(8-11-18)13-14-23-21(26)22(27)24-19-15-17(30-3)9-12-20(19)31-4/h7-12,15H,5-6,13-14H2,1-4H3,(H,23,26)(H,24,27). The molecule has 0 atom stereocenters. The third-order valence-electron chi connectivity index (χ3n) is 4.83. The summed E-state index contributed by atoms with van der Waals surface area (Å²) in [6, 6.07) is 11.3. The Bertz CT molecular complexity index is 1030. The average molecular weight is 464 g/mol. The average Bonchev–Trinajstić information content (AvgIpc) is 2.79. The van der Waals surface area contributed by atoms with Gasteiger partial charge >= 0.3 is 11.8 Å². The summed E-state index contributed by atoms with van der Waals surface area (Å²) >= 11 is 0. The van der Waals surface area contributed by atoms with Gasteiger partial charge in [-0.2, -0.15) is 4.31 Å². The van der Waals surface area contributed by atoms with Crippen LogP contribution in [0.3, 0.4) is 0 Å². The highest BCUT2D eigenvalue weighted by atomic mass is 32.2. The third-order valence-corrected chi connectivity index (χ3v) is 6.89. The molecular weight excluding hydrogens is 434 g/mol. The van der Waals surface area contributed by atoms with Crippen molar-refractivity contribution >= 4 is 27.5 Å². The van der Waals surface area contributed by atoms with Crippen LogP contribution in [0.5, 0.6) is 11.5 Å². The second-order valence-corrected chi connectivity index (χ2v) is 8.70. The number of amides is 2. The normalized spacial score (nSPS) is 11.2. The van der Waals surface area contributed by atoms with E-state index in [0.717, 1.165) is 5.56 Å². The number of methoxy groups -OCH3 is 2. The van der Waals surface area contributed by atoms with Gasteiger partial charge in [-0.15, -0.1) is 0 Å². The van der Waals surface area contributed by atoms with Crippen molar-refractivity contribution in [3.63, 3.8) is 0 Å². The second kappa shape index (κ2) is 11.5. The van der Waals surface area contributed by atoms with Crippen molar-refractivity contribution in [2.45, 2.75) is 25.2 Å². The molecule has 0 radical (unpaired) electrons. The van der Waals surface area contributed by atoms with E-state index in [0.29, 0.717) is 36.7 Å². The summed E-state index contributed by atoms with van der Waals surface area (Å²) in [6.07, 6.45) is 0.438. The van der Waals surface area contributed by atoms with E-state index in [4.69, 9.17) is 9.47 Å². The van der Waals surface area contributed by atoms with Gasteiger partial charge in [0.05, 0.1) is 24.8 Å². The minimum absolute atomic E-state index is 0.212. The molecular formula is C22H29N3O6S. The first-order valence-corrected chi connectivity index (χ1v) is 11.6. The first kappa shape index (κ1) is 25.2. The van der Waals surface area contributed by atoms with Crippen LogP contribution in [0.25, 0.3) is 0 Å². The third kappa shape index (κ3) is 6.21. The van der Waals surface area contributed by atoms with Gasteiger partial charge < -0.3 is 20.1 Å². The fourth-order valence-electron chi connectivity index (χ4n) is 3.03. The van der Waals surface area contributed by atoms with E-state index in [2.05, 4.69) is 10.6 Å². The van der Waals surface area contributed by atoms with Gasteiger partial charge in [0.1, 0.15) is 11.5 Å². The number of benzene rings is 2. The topological polar surface area (TPSA) is 114 Å². The number of nitrogens with zero attached hydrogens (tertiary/aromatic N) is 1. The van der Waals surface area contributed by atoms with Crippen LogP contribution < -0.4 is 20.1 Å². The number of nitrogens with one attached hydrogen (secondary N) is 2. The van der Waals surface area contributed by atoms with Gasteiger partial charge in [0, 0.05) is 25.7 Å². The minimum Gasteiger partial charge on any atom is -0.497 e. The zero-order valence-corrected chi connectivity index (χ0v) is 19.5. The molecule has 0 unspecified atom stereocenters. The van der Waals surface area contributed by atoms with Gasteiger partial charge in [-0.05, 0) is 36.2 Å². The van der Waals surface area contributed by atoms with Crippen LogP contribution in [-0.2, 0) is 26.0 Å². The van der Waals surface area contributed by atoms with Gasteiger partial charge in [0.2, 0.25) is 10.0 Å². The van der Waals surface area contributed by atoms with Gasteiger partial charge in [0.25, 0.3) is 0 Å². The number of anilines is 1. The smallest absolute Gasteiger partial charge is 0.313 e. The van der Waals surface area contributed by atoms with E-state index in [-0.39, 0.29) is 11.4 Å². The number of carbonyl (C=O) groups excluding carboxylic acids is 2. The zero-order valence-electron chi connectivity index (χ0n) is 18.7. The molecule has 0 bridgehead atoms. The summed E-state index contributed by atoms with van der Waals surface area (Å²) in [5, 5.41) is 5.05. The van der Waals surface area contributed by atoms with E-state index in [1.165, 1.54) is 18.5 Å². The SMILES string of the molecule is CCN(CC)S(=O)(=O)c1ccc(CCNC(=O)C(=O)Nc2cc(OC)ccc2OC)cc1. The lowest BCUT2D eigenvalue weighted by Crippen LogP contribution is -2.36. The maximum Gasteiger partial charge on any atom is 0.313 e. The molecule has 2 rings (SSSR count). The highest BCUT2D eigenvalue weighted by molar-refractivity contribution is 7.89. The molecule has 0 saturated heterocycles. The van der Waals surface area contributed by atoms with Crippen LogP contribution in [0.4, 0.5) is 5.69 Å². The van der Waals surface area contributed by atoms with Crippen LogP contribution >= 0.6 is 0 Å². The summed E-state index contributed by atoms with van der Waals surface area (Å²) in [5.74, 6) is -0.729. The number of ether oxygens (including phenoxy) is 2. The molecule has 0 aliphatic carbocycles. The molecule has 10 heteroatoms. The summed E-state index contributed by atoms with van der Waals surface area (Å²) in [6.45, 7) is 4.59. The summed E-state index contributed by atoms with van der Waals surface area (Å²) in [5.41, 5.74) is 1.15. The molecule has 0 heterocycles. The van der Waals surface area contributed by atoms with Crippen molar-refractivity contribution in [3.8, 4) is 11.5 Å². The van der Waals surface area contributed by atoms with Crippen molar-refractivity contribution in [1.82, 2.24) is 9.62 Å². The first-order valence-electron chi connectivity index (χ1n) is 10.2. The zero-order chi connectivity index (χ0) is 23.7. The van der Waals surface area contributed by atoms with Gasteiger partial charge in [0.15, 0.2) is 0 Å². The minimum atomic E-state index is -3.51. The Labute approximate surface area is 188 Å². The number of hydrogen-bond acceptors (Lipinski definition) is 6. The van der Waals surface area contributed by atoms with Crippen molar-refractivity contribution in [1.29, 1.82) is 0 Å². The van der Waals surface area contributed by atoms with Crippen molar-refractivity contribution in [2.24, 2.45) is 0 Å². The van der Waals surface area contributed by atoms with E-state index in [1.807, 2.05) is 0 Å². The molecule has 32 heavy (non-hydrogen) atoms. The summed E-state index contributed by atoms with van der Waals surface area (Å²) in [7, 11) is -0.566. The lowest BCUT2D eigenvalue weighted by atomic mass is 10.1. The molecule has 0 aliphatic rings. The van der Waals surface area contributed by atoms with E-state index in [9.17, 15) is 18.0 Å². The molecule has 174 valence electrons. The van der Waals surface area contributed by atoms with E-state index >= 15 is 0 Å². The van der Waals surface area contributed by atoms with Crippen molar-refractivity contribution < 1.29 is 27.5 Å². The van der Waals surface area contributed by atoms with Crippen molar-refractivity contribution in [3.05, 3.63) is 48.0 Å². The predicted octanol–water partition coefficient (Wildman–Crippen LogP) is 2.03. The Balaban J connectivity index is 1.92. The lowest BCUT2D eigenvalue weighted by Gasteiger charge is -2.18. The maximum absolute atomic E-state index is 12.5. The monoisotopic (exact) mass is 463 g/mol. The molecule has 2 aromatic carbocycles. The lowest BCUT2D eigenvalue weighted by molar-refractivity contribution is -0.136. The molecule has 2 N–H and O–H groups in total. The Morgan fingerprint density at radius 3 is 2.16 bits per heavy atom. The summed E-state index contributed by atoms with van der Waals surface area (Å²) < 4.78 is 36.7. The fourth-order valence-corrected chi connectivity index (χ4v) is 4.49. The number of rotatable bonds is 10. The molecule has 0 spiro atoms. The van der Waals surface area contributed by atoms with Crippen molar-refractivity contribution in [2.75, 3.05) is 39.2 Å². The molecule has 2 aromatic rings. The van der Waals surface area contributed by atoms with Crippen LogP contribution in [-0.4, -0.2) is 58.4 Å². The molecule has 9 nitrogen and oxygen atoms in total. The Kier molecular flexibility index (Phi) is 9.03. The van der Waals surface area contributed by atoms with Crippen LogP contribution in [0.1, 0.15) is 19.4 Å². The Hall–Kier alpha value is -3.11. The molecule has 0 saturated carbocycles. The molecule has 0 fully saturated rings. The van der Waals surface area contributed by atoms with Crippen LogP contribution in [0.15, 0.2) is 47.4 Å². The molecule has 0 aromatic heterocycles. The van der Waals surface area contributed by atoms with Gasteiger partial charge in [-0.1, -0.05) is 26.0 Å². The number of sulfonamides is 1. The van der Waals surface area contributed by atoms with E-state index < -0.39 is 21.8 Å². The second-order valence-electron chi connectivity index (χ2n) is 6.76. The number of carbonyl (C=O) groups is 2. The predicted molar refractivity (Wildman–Crippen MR) is 121 cm³/mol. The Morgan fingerprint density at radius 1 is 0.938 bits per heavy atom. The highest BCUT2D eigenvalue weighted by Crippen LogP contribution is 2.28.